The summed E-state index contributed by atoms with van der Waals surface area (Å²) < 4.78 is 43.9. The van der Waals surface area contributed by atoms with E-state index in [1.165, 1.54) is 0 Å². The van der Waals surface area contributed by atoms with Crippen LogP contribution in [0.5, 0.6) is 0 Å². The summed E-state index contributed by atoms with van der Waals surface area (Å²) in [5.41, 5.74) is 5.60. The van der Waals surface area contributed by atoms with Crippen LogP contribution in [-0.4, -0.2) is 16.2 Å². The number of halogens is 3. The van der Waals surface area contributed by atoms with Gasteiger partial charge in [-0.3, -0.25) is 0 Å². The molecule has 1 aromatic carbocycles. The van der Waals surface area contributed by atoms with Crippen molar-refractivity contribution >= 4 is 0 Å². The average molecular weight is 271 g/mol. The first-order valence-electron chi connectivity index (χ1n) is 5.70. The third kappa shape index (κ3) is 3.11. The fraction of sp³-hybridized carbons (Fsp3) is 0.333. The Morgan fingerprint density at radius 3 is 2.47 bits per heavy atom. The van der Waals surface area contributed by atoms with Gasteiger partial charge in [0.1, 0.15) is 0 Å². The minimum Gasteiger partial charge on any atom is -0.339 e. The number of benzene rings is 1. The quantitative estimate of drug-likeness (QED) is 0.867. The molecule has 7 heteroatoms. The fourth-order valence-electron chi connectivity index (χ4n) is 1.51. The summed E-state index contributed by atoms with van der Waals surface area (Å²) in [6, 6.07) is 1.62. The highest BCUT2D eigenvalue weighted by atomic mass is 19.2. The van der Waals surface area contributed by atoms with Crippen LogP contribution in [0.3, 0.4) is 0 Å². The topological polar surface area (TPSA) is 64.9 Å². The van der Waals surface area contributed by atoms with E-state index in [-0.39, 0.29) is 17.4 Å². The van der Waals surface area contributed by atoms with Gasteiger partial charge in [-0.1, -0.05) is 5.16 Å². The van der Waals surface area contributed by atoms with Crippen LogP contribution < -0.4 is 5.73 Å². The molecule has 2 aromatic rings. The van der Waals surface area contributed by atoms with Crippen LogP contribution in [0.15, 0.2) is 16.7 Å². The molecule has 102 valence electrons. The first kappa shape index (κ1) is 13.5. The lowest BCUT2D eigenvalue weighted by molar-refractivity contribution is 0.372. The Labute approximate surface area is 107 Å². The summed E-state index contributed by atoms with van der Waals surface area (Å²) in [5, 5.41) is 3.59. The lowest BCUT2D eigenvalue weighted by atomic mass is 10.2. The monoisotopic (exact) mass is 271 g/mol. The molecule has 0 aliphatic rings. The van der Waals surface area contributed by atoms with Gasteiger partial charge in [0.2, 0.25) is 11.7 Å². The molecule has 1 unspecified atom stereocenters. The highest BCUT2D eigenvalue weighted by Gasteiger charge is 2.15. The van der Waals surface area contributed by atoms with Gasteiger partial charge in [-0.05, 0) is 25.5 Å². The zero-order valence-electron chi connectivity index (χ0n) is 10.2. The molecule has 1 atom stereocenters. The molecule has 0 aliphatic heterocycles. The summed E-state index contributed by atoms with van der Waals surface area (Å²) >= 11 is 0. The van der Waals surface area contributed by atoms with Crippen LogP contribution in [-0.2, 0) is 6.42 Å². The van der Waals surface area contributed by atoms with Crippen molar-refractivity contribution in [2.75, 3.05) is 0 Å². The van der Waals surface area contributed by atoms with Gasteiger partial charge >= 0.3 is 0 Å². The largest absolute Gasteiger partial charge is 0.339 e. The molecule has 2 rings (SSSR count). The second-order valence-electron chi connectivity index (χ2n) is 4.28. The van der Waals surface area contributed by atoms with E-state index >= 15 is 0 Å². The highest BCUT2D eigenvalue weighted by Crippen LogP contribution is 2.21. The zero-order chi connectivity index (χ0) is 14.0. The van der Waals surface area contributed by atoms with Crippen molar-refractivity contribution in [3.05, 3.63) is 35.5 Å². The van der Waals surface area contributed by atoms with Crippen molar-refractivity contribution < 1.29 is 17.7 Å². The lowest BCUT2D eigenvalue weighted by Gasteiger charge is -1.99. The highest BCUT2D eigenvalue weighted by molar-refractivity contribution is 5.54. The summed E-state index contributed by atoms with van der Waals surface area (Å²) in [5.74, 6) is -3.78. The van der Waals surface area contributed by atoms with E-state index in [1.54, 1.807) is 0 Å². The second-order valence-corrected chi connectivity index (χ2v) is 4.28. The van der Waals surface area contributed by atoms with Crippen molar-refractivity contribution in [2.24, 2.45) is 5.73 Å². The van der Waals surface area contributed by atoms with E-state index in [4.69, 9.17) is 10.3 Å². The van der Waals surface area contributed by atoms with Crippen molar-refractivity contribution in [2.45, 2.75) is 25.8 Å². The molecule has 19 heavy (non-hydrogen) atoms. The van der Waals surface area contributed by atoms with Gasteiger partial charge in [0.25, 0.3) is 0 Å². The predicted molar refractivity (Wildman–Crippen MR) is 61.6 cm³/mol. The summed E-state index contributed by atoms with van der Waals surface area (Å²) in [7, 11) is 0. The number of nitrogens with two attached hydrogens (primary N) is 1. The van der Waals surface area contributed by atoms with Crippen molar-refractivity contribution in [3.63, 3.8) is 0 Å². The second kappa shape index (κ2) is 5.40. The molecule has 2 N–H and O–H groups in total. The molecular weight excluding hydrogens is 259 g/mol. The Morgan fingerprint density at radius 1 is 1.26 bits per heavy atom. The zero-order valence-corrected chi connectivity index (χ0v) is 10.2. The normalized spacial score (nSPS) is 12.7. The predicted octanol–water partition coefficient (Wildman–Crippen LogP) is 2.43. The molecule has 4 nitrogen and oxygen atoms in total. The van der Waals surface area contributed by atoms with Gasteiger partial charge in [-0.25, -0.2) is 13.2 Å². The molecular formula is C12H12F3N3O. The molecule has 1 aromatic heterocycles. The smallest absolute Gasteiger partial charge is 0.227 e. The van der Waals surface area contributed by atoms with Gasteiger partial charge < -0.3 is 10.3 Å². The Morgan fingerprint density at radius 2 is 1.89 bits per heavy atom. The lowest BCUT2D eigenvalue weighted by Crippen LogP contribution is -2.15. The van der Waals surface area contributed by atoms with E-state index in [9.17, 15) is 13.2 Å². The Hall–Kier alpha value is -1.89. The van der Waals surface area contributed by atoms with Gasteiger partial charge in [-0.2, -0.15) is 4.98 Å². The molecule has 1 heterocycles. The van der Waals surface area contributed by atoms with Crippen molar-refractivity contribution in [3.8, 4) is 11.4 Å². The maximum atomic E-state index is 13.1. The first-order chi connectivity index (χ1) is 8.97. The molecule has 0 aliphatic carbocycles. The van der Waals surface area contributed by atoms with E-state index in [0.29, 0.717) is 18.7 Å². The molecule has 0 bridgehead atoms. The maximum Gasteiger partial charge on any atom is 0.227 e. The van der Waals surface area contributed by atoms with E-state index in [0.717, 1.165) is 12.1 Å². The van der Waals surface area contributed by atoms with Crippen LogP contribution in [0.2, 0.25) is 0 Å². The summed E-state index contributed by atoms with van der Waals surface area (Å²) in [6.07, 6.45) is 1.12. The molecule has 0 fully saturated rings. The maximum absolute atomic E-state index is 13.1. The Bertz CT molecular complexity index is 560. The summed E-state index contributed by atoms with van der Waals surface area (Å²) in [6.45, 7) is 1.84. The van der Waals surface area contributed by atoms with E-state index < -0.39 is 17.5 Å². The number of nitrogens with zero attached hydrogens (tertiary/aromatic N) is 2. The minimum atomic E-state index is -1.52. The number of aromatic nitrogens is 2. The molecule has 0 spiro atoms. The third-order valence-corrected chi connectivity index (χ3v) is 2.52. The van der Waals surface area contributed by atoms with E-state index in [1.807, 2.05) is 6.92 Å². The molecule has 0 saturated carbocycles. The molecule has 0 amide bonds. The van der Waals surface area contributed by atoms with Crippen molar-refractivity contribution in [1.29, 1.82) is 0 Å². The Balaban J connectivity index is 2.23. The number of aryl methyl sites for hydroxylation is 1. The minimum absolute atomic E-state index is 0.0116. The number of rotatable bonds is 4. The van der Waals surface area contributed by atoms with Crippen LogP contribution in [0.25, 0.3) is 11.4 Å². The van der Waals surface area contributed by atoms with Crippen molar-refractivity contribution in [1.82, 2.24) is 10.1 Å². The van der Waals surface area contributed by atoms with E-state index in [2.05, 4.69) is 10.1 Å². The molecule has 0 radical (unpaired) electrons. The summed E-state index contributed by atoms with van der Waals surface area (Å²) in [4.78, 5) is 3.98. The van der Waals surface area contributed by atoms with Gasteiger partial charge in [0.15, 0.2) is 17.5 Å². The fourth-order valence-corrected chi connectivity index (χ4v) is 1.51. The van der Waals surface area contributed by atoms with Crippen LogP contribution in [0, 0.1) is 17.5 Å². The average Bonchev–Trinajstić information content (AvgIpc) is 2.81. The van der Waals surface area contributed by atoms with Crippen LogP contribution in [0.4, 0.5) is 13.2 Å². The van der Waals surface area contributed by atoms with Crippen LogP contribution >= 0.6 is 0 Å². The van der Waals surface area contributed by atoms with Gasteiger partial charge in [0.05, 0.1) is 0 Å². The molecule has 0 saturated heterocycles. The number of hydrogen-bond donors (Lipinski definition) is 1. The third-order valence-electron chi connectivity index (χ3n) is 2.52. The number of hydrogen-bond acceptors (Lipinski definition) is 4. The SMILES string of the molecule is CC(N)CCc1nc(-c2cc(F)c(F)c(F)c2)no1. The van der Waals surface area contributed by atoms with Crippen LogP contribution in [0.1, 0.15) is 19.2 Å². The first-order valence-corrected chi connectivity index (χ1v) is 5.70. The van der Waals surface area contributed by atoms with Gasteiger partial charge in [0, 0.05) is 18.0 Å². The van der Waals surface area contributed by atoms with Gasteiger partial charge in [-0.15, -0.1) is 0 Å². The Kier molecular flexibility index (Phi) is 3.84. The standard InChI is InChI=1S/C12H12F3N3O/c1-6(16)2-3-10-17-12(18-19-10)7-4-8(13)11(15)9(14)5-7/h4-6H,2-3,16H2,1H3.